The summed E-state index contributed by atoms with van der Waals surface area (Å²) >= 11 is 1.49. The fraction of sp³-hybridized carbons (Fsp3) is 0.818. The number of amidine groups is 1. The van der Waals surface area contributed by atoms with Crippen LogP contribution >= 0.6 is 28.7 Å². The van der Waals surface area contributed by atoms with Crippen LogP contribution in [0.4, 0.5) is 0 Å². The van der Waals surface area contributed by atoms with Gasteiger partial charge in [-0.3, -0.25) is 10.8 Å². The lowest BCUT2D eigenvalue weighted by Gasteiger charge is -2.13. The maximum Gasteiger partial charge on any atom is 0.174 e. The first-order valence-electron chi connectivity index (χ1n) is 5.93. The van der Waals surface area contributed by atoms with Gasteiger partial charge in [0.1, 0.15) is 0 Å². The molecule has 4 nitrogen and oxygen atoms in total. The number of ether oxygens (including phenoxy) is 1. The van der Waals surface area contributed by atoms with Gasteiger partial charge in [0.25, 0.3) is 0 Å². The van der Waals surface area contributed by atoms with Crippen LogP contribution in [0.3, 0.4) is 0 Å². The lowest BCUT2D eigenvalue weighted by atomic mass is 10.2. The van der Waals surface area contributed by atoms with Crippen LogP contribution in [0, 0.1) is 5.41 Å². The van der Waals surface area contributed by atoms with Crippen molar-refractivity contribution in [2.24, 2.45) is 5.10 Å². The molecule has 0 saturated carbocycles. The SMILES string of the molecule is Br.CCCCCCOCCC1=NNC(=N)SC1. The number of unbranched alkanes of at least 4 members (excludes halogenated alkanes) is 3. The van der Waals surface area contributed by atoms with Gasteiger partial charge in [0.2, 0.25) is 0 Å². The average Bonchev–Trinajstić information content (AvgIpc) is 2.30. The molecule has 100 valence electrons. The van der Waals surface area contributed by atoms with E-state index in [1.54, 1.807) is 0 Å². The van der Waals surface area contributed by atoms with Crippen LogP contribution in [-0.4, -0.2) is 29.8 Å². The van der Waals surface area contributed by atoms with Gasteiger partial charge >= 0.3 is 0 Å². The summed E-state index contributed by atoms with van der Waals surface area (Å²) in [5, 5.41) is 11.8. The minimum Gasteiger partial charge on any atom is -0.381 e. The second kappa shape index (κ2) is 11.0. The van der Waals surface area contributed by atoms with E-state index in [1.165, 1.54) is 31.0 Å². The van der Waals surface area contributed by atoms with Crippen molar-refractivity contribution >= 4 is 39.6 Å². The van der Waals surface area contributed by atoms with E-state index in [-0.39, 0.29) is 17.0 Å². The van der Waals surface area contributed by atoms with Crippen molar-refractivity contribution in [3.8, 4) is 0 Å². The number of hydrogen-bond donors (Lipinski definition) is 2. The predicted molar refractivity (Wildman–Crippen MR) is 80.7 cm³/mol. The van der Waals surface area contributed by atoms with Crippen LogP contribution < -0.4 is 5.43 Å². The average molecular weight is 324 g/mol. The molecule has 0 aromatic rings. The summed E-state index contributed by atoms with van der Waals surface area (Å²) in [5.41, 5.74) is 3.77. The van der Waals surface area contributed by atoms with Gasteiger partial charge in [-0.2, -0.15) is 5.10 Å². The van der Waals surface area contributed by atoms with Crippen molar-refractivity contribution in [1.82, 2.24) is 5.43 Å². The third kappa shape index (κ3) is 8.63. The van der Waals surface area contributed by atoms with Crippen molar-refractivity contribution in [2.45, 2.75) is 39.0 Å². The molecule has 0 fully saturated rings. The zero-order chi connectivity index (χ0) is 11.6. The van der Waals surface area contributed by atoms with Crippen LogP contribution in [0.5, 0.6) is 0 Å². The molecule has 0 radical (unpaired) electrons. The summed E-state index contributed by atoms with van der Waals surface area (Å²) in [6, 6.07) is 0. The van der Waals surface area contributed by atoms with E-state index >= 15 is 0 Å². The van der Waals surface area contributed by atoms with E-state index in [9.17, 15) is 0 Å². The van der Waals surface area contributed by atoms with E-state index < -0.39 is 0 Å². The maximum atomic E-state index is 7.30. The smallest absolute Gasteiger partial charge is 0.174 e. The molecular weight excluding hydrogens is 302 g/mol. The molecule has 1 aliphatic rings. The fourth-order valence-electron chi connectivity index (χ4n) is 1.40. The highest BCUT2D eigenvalue weighted by Gasteiger charge is 2.08. The molecule has 0 amide bonds. The second-order valence-electron chi connectivity index (χ2n) is 3.83. The van der Waals surface area contributed by atoms with Crippen LogP contribution in [0.25, 0.3) is 0 Å². The minimum absolute atomic E-state index is 0. The number of hydrazone groups is 1. The lowest BCUT2D eigenvalue weighted by Crippen LogP contribution is -2.24. The Kier molecular flexibility index (Phi) is 11.0. The molecule has 0 aliphatic carbocycles. The Bertz CT molecular complexity index is 249. The van der Waals surface area contributed by atoms with E-state index in [0.717, 1.165) is 37.5 Å². The molecule has 2 N–H and O–H groups in total. The molecule has 0 aromatic heterocycles. The standard InChI is InChI=1S/C11H21N3OS.BrH/c1-2-3-4-5-7-15-8-6-10-9-16-11(12)14-13-10;/h2-9H2,1H3,(H2,12,14);1H. The number of thioether (sulfide) groups is 1. The summed E-state index contributed by atoms with van der Waals surface area (Å²) in [6.45, 7) is 3.83. The minimum atomic E-state index is 0. The van der Waals surface area contributed by atoms with Crippen molar-refractivity contribution in [2.75, 3.05) is 19.0 Å². The third-order valence-corrected chi connectivity index (χ3v) is 3.23. The molecule has 1 rings (SSSR count). The van der Waals surface area contributed by atoms with Crippen LogP contribution in [0.2, 0.25) is 0 Å². The Morgan fingerprint density at radius 1 is 1.35 bits per heavy atom. The van der Waals surface area contributed by atoms with Gasteiger partial charge in [0, 0.05) is 18.8 Å². The zero-order valence-electron chi connectivity index (χ0n) is 10.3. The van der Waals surface area contributed by atoms with Gasteiger partial charge in [0.05, 0.1) is 12.3 Å². The molecule has 1 aliphatic heterocycles. The molecule has 0 bridgehead atoms. The molecular formula is C11H22BrN3OS. The molecule has 17 heavy (non-hydrogen) atoms. The van der Waals surface area contributed by atoms with Gasteiger partial charge in [0.15, 0.2) is 5.17 Å². The highest BCUT2D eigenvalue weighted by molar-refractivity contribution is 8.93. The largest absolute Gasteiger partial charge is 0.381 e. The van der Waals surface area contributed by atoms with Crippen LogP contribution in [0.15, 0.2) is 5.10 Å². The number of hydrogen-bond acceptors (Lipinski definition) is 4. The molecule has 0 unspecified atom stereocenters. The number of nitrogens with zero attached hydrogens (tertiary/aromatic N) is 1. The van der Waals surface area contributed by atoms with Gasteiger partial charge in [-0.05, 0) is 6.42 Å². The summed E-state index contributed by atoms with van der Waals surface area (Å²) in [7, 11) is 0. The molecule has 6 heteroatoms. The van der Waals surface area contributed by atoms with Gasteiger partial charge in [-0.1, -0.05) is 37.9 Å². The first kappa shape index (κ1) is 16.9. The van der Waals surface area contributed by atoms with Gasteiger partial charge in [-0.15, -0.1) is 17.0 Å². The summed E-state index contributed by atoms with van der Waals surface area (Å²) in [5.74, 6) is 0.824. The quantitative estimate of drug-likeness (QED) is 0.674. The van der Waals surface area contributed by atoms with Crippen LogP contribution in [-0.2, 0) is 4.74 Å². The van der Waals surface area contributed by atoms with E-state index in [2.05, 4.69) is 17.5 Å². The molecule has 0 atom stereocenters. The second-order valence-corrected chi connectivity index (χ2v) is 4.82. The molecule has 1 heterocycles. The lowest BCUT2D eigenvalue weighted by molar-refractivity contribution is 0.136. The highest BCUT2D eigenvalue weighted by Crippen LogP contribution is 2.08. The van der Waals surface area contributed by atoms with E-state index in [4.69, 9.17) is 10.1 Å². The van der Waals surface area contributed by atoms with Gasteiger partial charge < -0.3 is 4.74 Å². The Labute approximate surface area is 118 Å². The van der Waals surface area contributed by atoms with Crippen molar-refractivity contribution in [3.63, 3.8) is 0 Å². The summed E-state index contributed by atoms with van der Waals surface area (Å²) < 4.78 is 5.54. The Hall–Kier alpha value is -0.0700. The Morgan fingerprint density at radius 3 is 2.82 bits per heavy atom. The van der Waals surface area contributed by atoms with Gasteiger partial charge in [-0.25, -0.2) is 0 Å². The summed E-state index contributed by atoms with van der Waals surface area (Å²) in [4.78, 5) is 0. The Morgan fingerprint density at radius 2 is 2.18 bits per heavy atom. The molecule has 0 aromatic carbocycles. The summed E-state index contributed by atoms with van der Waals surface area (Å²) in [6.07, 6.45) is 5.88. The van der Waals surface area contributed by atoms with Crippen molar-refractivity contribution in [3.05, 3.63) is 0 Å². The van der Waals surface area contributed by atoms with Crippen molar-refractivity contribution < 1.29 is 4.74 Å². The first-order valence-corrected chi connectivity index (χ1v) is 6.92. The fourth-order valence-corrected chi connectivity index (χ4v) is 2.03. The van der Waals surface area contributed by atoms with E-state index in [1.807, 2.05) is 0 Å². The zero-order valence-corrected chi connectivity index (χ0v) is 12.9. The predicted octanol–water partition coefficient (Wildman–Crippen LogP) is 3.18. The maximum absolute atomic E-state index is 7.30. The van der Waals surface area contributed by atoms with E-state index in [0.29, 0.717) is 5.17 Å². The molecule has 0 spiro atoms. The van der Waals surface area contributed by atoms with Crippen LogP contribution in [0.1, 0.15) is 39.0 Å². The molecule has 0 saturated heterocycles. The van der Waals surface area contributed by atoms with Crippen molar-refractivity contribution in [1.29, 1.82) is 5.41 Å². The first-order chi connectivity index (χ1) is 7.83. The Balaban J connectivity index is 0.00000256. The number of halogens is 1. The normalized spacial score (nSPS) is 14.9. The third-order valence-electron chi connectivity index (χ3n) is 2.38. The number of rotatable bonds is 8. The topological polar surface area (TPSA) is 57.5 Å². The monoisotopic (exact) mass is 323 g/mol. The highest BCUT2D eigenvalue weighted by atomic mass is 79.9. The number of nitrogens with one attached hydrogen (secondary N) is 2.